The molecule has 0 aromatic carbocycles. The summed E-state index contributed by atoms with van der Waals surface area (Å²) in [4.78, 5) is 0. The molecule has 18 heavy (non-hydrogen) atoms. The fourth-order valence-corrected chi connectivity index (χ4v) is 5.60. The number of nitrogens with one attached hydrogen (secondary N) is 1. The minimum atomic E-state index is 0.270. The van der Waals surface area contributed by atoms with Crippen LogP contribution in [0.2, 0.25) is 0 Å². The molecule has 5 heteroatoms. The number of rotatable bonds is 6. The van der Waals surface area contributed by atoms with E-state index in [1.807, 2.05) is 34.9 Å². The highest BCUT2D eigenvalue weighted by Gasteiger charge is 2.27. The van der Waals surface area contributed by atoms with Crippen molar-refractivity contribution in [2.75, 3.05) is 18.6 Å². The van der Waals surface area contributed by atoms with E-state index >= 15 is 0 Å². The Bertz CT molecular complexity index is 363. The molecule has 0 saturated carbocycles. The molecule has 1 aliphatic rings. The molecular formula is C13H21NOS3. The Morgan fingerprint density at radius 1 is 1.61 bits per heavy atom. The summed E-state index contributed by atoms with van der Waals surface area (Å²) in [5.74, 6) is 1.07. The Morgan fingerprint density at radius 3 is 3.17 bits per heavy atom. The lowest BCUT2D eigenvalue weighted by Gasteiger charge is -2.31. The van der Waals surface area contributed by atoms with Gasteiger partial charge in [0.1, 0.15) is 0 Å². The molecule has 0 saturated heterocycles. The second-order valence-corrected chi connectivity index (χ2v) is 8.25. The van der Waals surface area contributed by atoms with E-state index in [-0.39, 0.29) is 6.61 Å². The molecule has 1 aromatic heterocycles. The summed E-state index contributed by atoms with van der Waals surface area (Å²) in [7, 11) is 0. The van der Waals surface area contributed by atoms with Crippen molar-refractivity contribution in [1.82, 2.24) is 5.32 Å². The molecule has 0 bridgehead atoms. The summed E-state index contributed by atoms with van der Waals surface area (Å²) in [6.45, 7) is 2.57. The third-order valence-electron chi connectivity index (χ3n) is 3.19. The predicted molar refractivity (Wildman–Crippen MR) is 84.0 cm³/mol. The SMILES string of the molecule is CSCC(CCO)NC1C[C@H](C)Sc2sccc21. The highest BCUT2D eigenvalue weighted by atomic mass is 32.2. The van der Waals surface area contributed by atoms with Gasteiger partial charge in [-0.1, -0.05) is 6.92 Å². The molecule has 2 heterocycles. The average molecular weight is 304 g/mol. The van der Waals surface area contributed by atoms with Crippen LogP contribution in [-0.4, -0.2) is 35.0 Å². The molecule has 2 rings (SSSR count). The smallest absolute Gasteiger partial charge is 0.0649 e. The fraction of sp³-hybridized carbons (Fsp3) is 0.692. The maximum absolute atomic E-state index is 9.15. The van der Waals surface area contributed by atoms with Gasteiger partial charge in [-0.3, -0.25) is 0 Å². The first-order valence-electron chi connectivity index (χ1n) is 6.34. The highest BCUT2D eigenvalue weighted by molar-refractivity contribution is 8.01. The predicted octanol–water partition coefficient (Wildman–Crippen LogP) is 3.38. The molecule has 2 nitrogen and oxygen atoms in total. The van der Waals surface area contributed by atoms with Crippen molar-refractivity contribution in [3.05, 3.63) is 17.0 Å². The van der Waals surface area contributed by atoms with E-state index in [1.165, 1.54) is 16.2 Å². The Labute approximate surface area is 122 Å². The van der Waals surface area contributed by atoms with E-state index in [0.29, 0.717) is 17.3 Å². The van der Waals surface area contributed by atoms with Gasteiger partial charge >= 0.3 is 0 Å². The Kier molecular flexibility index (Phi) is 5.89. The van der Waals surface area contributed by atoms with Crippen LogP contribution in [-0.2, 0) is 0 Å². The van der Waals surface area contributed by atoms with Gasteiger partial charge in [0.2, 0.25) is 0 Å². The van der Waals surface area contributed by atoms with Crippen molar-refractivity contribution in [3.8, 4) is 0 Å². The summed E-state index contributed by atoms with van der Waals surface area (Å²) < 4.78 is 1.47. The zero-order valence-corrected chi connectivity index (χ0v) is 13.3. The van der Waals surface area contributed by atoms with E-state index in [0.717, 1.165) is 12.2 Å². The Morgan fingerprint density at radius 2 is 2.44 bits per heavy atom. The molecule has 0 fully saturated rings. The van der Waals surface area contributed by atoms with Crippen LogP contribution in [0, 0.1) is 0 Å². The number of thioether (sulfide) groups is 2. The van der Waals surface area contributed by atoms with Crippen LogP contribution >= 0.6 is 34.9 Å². The van der Waals surface area contributed by atoms with Crippen molar-refractivity contribution in [2.24, 2.45) is 0 Å². The van der Waals surface area contributed by atoms with Gasteiger partial charge in [0, 0.05) is 29.7 Å². The topological polar surface area (TPSA) is 32.3 Å². The first-order valence-corrected chi connectivity index (χ1v) is 9.49. The number of hydrogen-bond donors (Lipinski definition) is 2. The average Bonchev–Trinajstić information content (AvgIpc) is 2.77. The molecule has 0 amide bonds. The lowest BCUT2D eigenvalue weighted by atomic mass is 10.0. The van der Waals surface area contributed by atoms with Gasteiger partial charge in [-0.05, 0) is 36.1 Å². The van der Waals surface area contributed by atoms with E-state index in [9.17, 15) is 0 Å². The summed E-state index contributed by atoms with van der Waals surface area (Å²) in [6.07, 6.45) is 4.16. The highest BCUT2D eigenvalue weighted by Crippen LogP contribution is 2.43. The van der Waals surface area contributed by atoms with Gasteiger partial charge in [-0.2, -0.15) is 11.8 Å². The third-order valence-corrected chi connectivity index (χ3v) is 6.27. The molecule has 1 aromatic rings. The van der Waals surface area contributed by atoms with Crippen molar-refractivity contribution < 1.29 is 5.11 Å². The minimum absolute atomic E-state index is 0.270. The maximum atomic E-state index is 9.15. The molecule has 102 valence electrons. The number of thiophene rings is 1. The van der Waals surface area contributed by atoms with E-state index in [2.05, 4.69) is 29.9 Å². The van der Waals surface area contributed by atoms with Crippen LogP contribution in [0.1, 0.15) is 31.4 Å². The minimum Gasteiger partial charge on any atom is -0.396 e. The number of hydrogen-bond acceptors (Lipinski definition) is 5. The van der Waals surface area contributed by atoms with Crippen LogP contribution in [0.3, 0.4) is 0 Å². The molecular weight excluding hydrogens is 282 g/mol. The summed E-state index contributed by atoms with van der Waals surface area (Å²) >= 11 is 5.70. The van der Waals surface area contributed by atoms with E-state index < -0.39 is 0 Å². The van der Waals surface area contributed by atoms with E-state index in [4.69, 9.17) is 5.11 Å². The standard InChI is InChI=1S/C13H21NOS3/c1-9-7-12(11-4-6-17-13(11)18-9)14-10(3-5-15)8-16-2/h4,6,9-10,12,14-15H,3,5,7-8H2,1-2H3/t9-,10?,12?/m0/s1. The summed E-state index contributed by atoms with van der Waals surface area (Å²) in [5, 5.41) is 15.8. The normalized spacial score (nSPS) is 24.8. The molecule has 0 spiro atoms. The fourth-order valence-electron chi connectivity index (χ4n) is 2.36. The van der Waals surface area contributed by atoms with Gasteiger partial charge in [0.05, 0.1) is 4.21 Å². The number of aliphatic hydroxyl groups excluding tert-OH is 1. The largest absolute Gasteiger partial charge is 0.396 e. The molecule has 2 N–H and O–H groups in total. The van der Waals surface area contributed by atoms with Crippen LogP contribution in [0.25, 0.3) is 0 Å². The van der Waals surface area contributed by atoms with Gasteiger partial charge in [-0.15, -0.1) is 23.1 Å². The Balaban J connectivity index is 2.04. The van der Waals surface area contributed by atoms with Gasteiger partial charge < -0.3 is 10.4 Å². The number of fused-ring (bicyclic) bond motifs is 1. The van der Waals surface area contributed by atoms with Crippen molar-refractivity contribution >= 4 is 34.9 Å². The molecule has 1 aliphatic heterocycles. The summed E-state index contributed by atoms with van der Waals surface area (Å²) in [5.41, 5.74) is 1.46. The van der Waals surface area contributed by atoms with E-state index in [1.54, 1.807) is 0 Å². The lowest BCUT2D eigenvalue weighted by molar-refractivity contribution is 0.262. The number of aliphatic hydroxyl groups is 1. The quantitative estimate of drug-likeness (QED) is 0.844. The maximum Gasteiger partial charge on any atom is 0.0649 e. The Hall–Kier alpha value is 0.320. The summed E-state index contributed by atoms with van der Waals surface area (Å²) in [6, 6.07) is 3.13. The van der Waals surface area contributed by atoms with Crippen LogP contribution < -0.4 is 5.32 Å². The molecule has 3 atom stereocenters. The van der Waals surface area contributed by atoms with Crippen LogP contribution in [0.15, 0.2) is 15.7 Å². The lowest BCUT2D eigenvalue weighted by Crippen LogP contribution is -2.37. The van der Waals surface area contributed by atoms with Crippen LogP contribution in [0.4, 0.5) is 0 Å². The molecule has 0 radical (unpaired) electrons. The van der Waals surface area contributed by atoms with Crippen molar-refractivity contribution in [3.63, 3.8) is 0 Å². The second kappa shape index (κ2) is 7.20. The van der Waals surface area contributed by atoms with Gasteiger partial charge in [-0.25, -0.2) is 0 Å². The molecule has 2 unspecified atom stereocenters. The van der Waals surface area contributed by atoms with Crippen LogP contribution in [0.5, 0.6) is 0 Å². The van der Waals surface area contributed by atoms with Crippen molar-refractivity contribution in [1.29, 1.82) is 0 Å². The monoisotopic (exact) mass is 303 g/mol. The molecule has 0 aliphatic carbocycles. The zero-order chi connectivity index (χ0) is 13.0. The van der Waals surface area contributed by atoms with Gasteiger partial charge in [0.15, 0.2) is 0 Å². The zero-order valence-electron chi connectivity index (χ0n) is 10.9. The first-order chi connectivity index (χ1) is 8.74. The van der Waals surface area contributed by atoms with Gasteiger partial charge in [0.25, 0.3) is 0 Å². The third kappa shape index (κ3) is 3.67. The second-order valence-electron chi connectivity index (χ2n) is 4.71. The first kappa shape index (κ1) is 14.7. The van der Waals surface area contributed by atoms with Crippen molar-refractivity contribution in [2.45, 2.75) is 41.3 Å².